The molecule has 0 N–H and O–H groups in total. The fourth-order valence-corrected chi connectivity index (χ4v) is 8.71. The third kappa shape index (κ3) is 4.58. The number of fused-ring (bicyclic) bond motifs is 1. The van der Waals surface area contributed by atoms with Gasteiger partial charge in [0.1, 0.15) is 19.1 Å². The van der Waals surface area contributed by atoms with Crippen LogP contribution in [0.4, 0.5) is 5.69 Å². The van der Waals surface area contributed by atoms with Gasteiger partial charge in [0.05, 0.1) is 24.3 Å². The predicted octanol–water partition coefficient (Wildman–Crippen LogP) is 4.03. The van der Waals surface area contributed by atoms with Crippen LogP contribution in [-0.4, -0.2) is 30.9 Å². The van der Waals surface area contributed by atoms with Crippen LogP contribution >= 0.6 is 57.5 Å². The van der Waals surface area contributed by atoms with Crippen molar-refractivity contribution in [1.82, 2.24) is 4.57 Å². The minimum absolute atomic E-state index is 0.0370. The lowest BCUT2D eigenvalue weighted by Gasteiger charge is -2.12. The molecule has 0 fully saturated rings. The third-order valence-electron chi connectivity index (χ3n) is 5.88. The van der Waals surface area contributed by atoms with Crippen LogP contribution in [0.2, 0.25) is 0 Å². The maximum Gasteiger partial charge on any atom is 0.348 e. The largest absolute Gasteiger partial charge is 0.465 e. The van der Waals surface area contributed by atoms with Crippen molar-refractivity contribution in [3.63, 3.8) is 0 Å². The second-order valence-corrected chi connectivity index (χ2v) is 12.7. The molecule has 0 saturated heterocycles. The van der Waals surface area contributed by atoms with Crippen molar-refractivity contribution in [2.75, 3.05) is 25.3 Å². The minimum atomic E-state index is -0.315. The number of hydrogen-bond acceptors (Lipinski definition) is 9. The molecule has 0 amide bonds. The summed E-state index contributed by atoms with van der Waals surface area (Å²) in [6.45, 7) is 3.15. The maximum absolute atomic E-state index is 13.5. The first-order chi connectivity index (χ1) is 17.4. The quantitative estimate of drug-likeness (QED) is 0.197. The number of carbonyl (C=O) groups excluding carboxylic acids is 1. The molecule has 0 radical (unpaired) electrons. The Kier molecular flexibility index (Phi) is 7.45. The Morgan fingerprint density at radius 3 is 2.81 bits per heavy atom. The molecule has 1 aromatic carbocycles. The molecule has 0 bridgehead atoms. The van der Waals surface area contributed by atoms with Crippen LogP contribution in [0, 0.1) is 0 Å². The standard InChI is InChI=1S/C25H24N3O3S5/c1-5-28-20(13-19-27(9-11-33-19)14-15-8-10-34-21(15)25(30)31-3)36-22(23(28)29)24-26(2)17-7-6-16(32-4)12-18(17)35-24/h6-13H,5,14H2,1-4H3/q+1/b24-22+. The average molecular weight is 575 g/mol. The summed E-state index contributed by atoms with van der Waals surface area (Å²) in [5.74, 6) is -0.315. The summed E-state index contributed by atoms with van der Waals surface area (Å²) in [4.78, 5) is 30.7. The number of rotatable bonds is 6. The second kappa shape index (κ2) is 10.6. The summed E-state index contributed by atoms with van der Waals surface area (Å²) >= 11 is 7.91. The van der Waals surface area contributed by atoms with E-state index in [9.17, 15) is 9.59 Å². The molecular weight excluding hydrogens is 551 g/mol. The van der Waals surface area contributed by atoms with Crippen LogP contribution in [-0.2, 0) is 17.8 Å². The fraction of sp³-hybridized carbons (Fsp3) is 0.240. The Morgan fingerprint density at radius 2 is 2.06 bits per heavy atom. The lowest BCUT2D eigenvalue weighted by Crippen LogP contribution is -2.36. The van der Waals surface area contributed by atoms with Gasteiger partial charge in [0, 0.05) is 28.9 Å². The molecule has 186 valence electrons. The molecule has 3 aromatic heterocycles. The van der Waals surface area contributed by atoms with Gasteiger partial charge >= 0.3 is 5.97 Å². The van der Waals surface area contributed by atoms with Crippen molar-refractivity contribution < 1.29 is 14.1 Å². The number of carbonyl (C=O) groups is 1. The summed E-state index contributed by atoms with van der Waals surface area (Å²) in [7, 11) is 3.43. The van der Waals surface area contributed by atoms with Gasteiger partial charge in [-0.25, -0.2) is 4.79 Å². The van der Waals surface area contributed by atoms with Crippen molar-refractivity contribution in [2.45, 2.75) is 29.8 Å². The van der Waals surface area contributed by atoms with E-state index in [1.54, 1.807) is 34.9 Å². The van der Waals surface area contributed by atoms with E-state index in [4.69, 9.17) is 4.74 Å². The smallest absolute Gasteiger partial charge is 0.348 e. The van der Waals surface area contributed by atoms with Gasteiger partial charge in [0.15, 0.2) is 12.7 Å². The van der Waals surface area contributed by atoms with Crippen LogP contribution in [0.5, 0.6) is 0 Å². The highest BCUT2D eigenvalue weighted by atomic mass is 32.2. The average Bonchev–Trinajstić information content (AvgIpc) is 3.66. The zero-order valence-corrected chi connectivity index (χ0v) is 24.2. The van der Waals surface area contributed by atoms with Gasteiger partial charge in [0.25, 0.3) is 10.6 Å². The Labute approximate surface area is 229 Å². The van der Waals surface area contributed by atoms with E-state index >= 15 is 0 Å². The Morgan fingerprint density at radius 1 is 1.22 bits per heavy atom. The first-order valence-electron chi connectivity index (χ1n) is 11.1. The van der Waals surface area contributed by atoms with E-state index in [1.165, 1.54) is 39.6 Å². The van der Waals surface area contributed by atoms with E-state index < -0.39 is 0 Å². The summed E-state index contributed by atoms with van der Waals surface area (Å²) in [6, 6.07) is 8.40. The molecule has 36 heavy (non-hydrogen) atoms. The minimum Gasteiger partial charge on any atom is -0.465 e. The van der Waals surface area contributed by atoms with Gasteiger partial charge in [-0.1, -0.05) is 23.1 Å². The number of benzene rings is 1. The molecule has 5 rings (SSSR count). The van der Waals surface area contributed by atoms with Crippen LogP contribution in [0.3, 0.4) is 0 Å². The number of nitrogens with zero attached hydrogens (tertiary/aromatic N) is 3. The van der Waals surface area contributed by atoms with E-state index in [1.807, 2.05) is 41.6 Å². The van der Waals surface area contributed by atoms with Crippen LogP contribution in [0.15, 0.2) is 55.8 Å². The molecule has 1 aliphatic heterocycles. The van der Waals surface area contributed by atoms with Gasteiger partial charge in [-0.3, -0.25) is 9.36 Å². The number of aromatic nitrogens is 2. The molecular formula is C25H24N3O3S5+. The summed E-state index contributed by atoms with van der Waals surface area (Å²) < 4.78 is 10.5. The molecule has 1 aliphatic rings. The molecule has 4 heterocycles. The van der Waals surface area contributed by atoms with E-state index in [0.29, 0.717) is 18.0 Å². The van der Waals surface area contributed by atoms with Gasteiger partial charge in [-0.05, 0) is 42.8 Å². The predicted molar refractivity (Wildman–Crippen MR) is 152 cm³/mol. The Hall–Kier alpha value is -2.31. The fourth-order valence-electron chi connectivity index (χ4n) is 4.01. The van der Waals surface area contributed by atoms with Crippen LogP contribution in [0.1, 0.15) is 27.2 Å². The van der Waals surface area contributed by atoms with Crippen LogP contribution < -0.4 is 24.2 Å². The van der Waals surface area contributed by atoms with Gasteiger partial charge in [0.2, 0.25) is 0 Å². The zero-order valence-electron chi connectivity index (χ0n) is 20.1. The van der Waals surface area contributed by atoms with E-state index in [2.05, 4.69) is 40.0 Å². The molecule has 0 spiro atoms. The number of thiophene rings is 1. The van der Waals surface area contributed by atoms with Crippen molar-refractivity contribution >= 4 is 80.3 Å². The maximum atomic E-state index is 13.5. The molecule has 11 heteroatoms. The molecule has 0 aliphatic carbocycles. The first-order valence-corrected chi connectivity index (χ1v) is 15.7. The summed E-state index contributed by atoms with van der Waals surface area (Å²) in [6.07, 6.45) is 6.16. The second-order valence-electron chi connectivity index (χ2n) is 7.90. The molecule has 6 nitrogen and oxygen atoms in total. The van der Waals surface area contributed by atoms with Gasteiger partial charge in [-0.2, -0.15) is 4.57 Å². The number of methoxy groups -OCH3 is 1. The third-order valence-corrected chi connectivity index (χ3v) is 10.9. The van der Waals surface area contributed by atoms with Gasteiger partial charge in [-0.15, -0.1) is 34.4 Å². The Bertz CT molecular complexity index is 1630. The molecule has 0 saturated carbocycles. The number of ether oxygens (including phenoxy) is 1. The molecule has 4 aromatic rings. The van der Waals surface area contributed by atoms with Crippen molar-refractivity contribution in [1.29, 1.82) is 0 Å². The number of hydrogen-bond donors (Lipinski definition) is 0. The Balaban J connectivity index is 1.57. The zero-order chi connectivity index (χ0) is 25.4. The number of thioether (sulfide) groups is 2. The molecule has 0 unspecified atom stereocenters. The summed E-state index contributed by atoms with van der Waals surface area (Å²) in [5, 5.41) is 5.91. The monoisotopic (exact) mass is 574 g/mol. The number of anilines is 1. The number of esters is 1. The highest BCUT2D eigenvalue weighted by molar-refractivity contribution is 8.08. The SMILES string of the molecule is CCn1c(=O)/c(=C2\Sc3cc(SC)ccc3N2C)s/c1=C\c1scc[n+]1Cc1ccsc1C(=O)OC. The highest BCUT2D eigenvalue weighted by Gasteiger charge is 2.25. The highest BCUT2D eigenvalue weighted by Crippen LogP contribution is 2.46. The van der Waals surface area contributed by atoms with Crippen molar-refractivity contribution in [3.05, 3.63) is 76.2 Å². The van der Waals surface area contributed by atoms with Gasteiger partial charge < -0.3 is 9.64 Å². The topological polar surface area (TPSA) is 55.4 Å². The number of thiazole rings is 2. The lowest BCUT2D eigenvalue weighted by molar-refractivity contribution is -0.685. The van der Waals surface area contributed by atoms with E-state index in [-0.39, 0.29) is 11.5 Å². The van der Waals surface area contributed by atoms with Crippen molar-refractivity contribution in [3.8, 4) is 0 Å². The molecule has 0 atom stereocenters. The lowest BCUT2D eigenvalue weighted by atomic mass is 10.2. The van der Waals surface area contributed by atoms with Crippen molar-refractivity contribution in [2.24, 2.45) is 0 Å². The summed E-state index contributed by atoms with van der Waals surface area (Å²) in [5.41, 5.74) is 2.09. The normalized spacial score (nSPS) is 15.0. The van der Waals surface area contributed by atoms with E-state index in [0.717, 1.165) is 30.5 Å². The first kappa shape index (κ1) is 25.3. The van der Waals surface area contributed by atoms with Crippen LogP contribution in [0.25, 0.3) is 11.1 Å².